The second kappa shape index (κ2) is 7.86. The van der Waals surface area contributed by atoms with E-state index in [4.69, 9.17) is 16.6 Å². The van der Waals surface area contributed by atoms with Crippen molar-refractivity contribution in [3.8, 4) is 33.8 Å². The van der Waals surface area contributed by atoms with Gasteiger partial charge < -0.3 is 0 Å². The fourth-order valence-electron chi connectivity index (χ4n) is 4.12. The van der Waals surface area contributed by atoms with E-state index in [1.807, 2.05) is 24.3 Å². The monoisotopic (exact) mass is 448 g/mol. The Hall–Kier alpha value is -3.53. The zero-order valence-electron chi connectivity index (χ0n) is 17.0. The Morgan fingerprint density at radius 1 is 0.594 bits per heavy atom. The molecule has 0 spiro atoms. The van der Waals surface area contributed by atoms with Gasteiger partial charge in [0.2, 0.25) is 0 Å². The van der Waals surface area contributed by atoms with Crippen LogP contribution in [0.25, 0.3) is 53.9 Å². The molecule has 6 aromatic rings. The molecule has 4 heteroatoms. The van der Waals surface area contributed by atoms with Gasteiger partial charge >= 0.3 is 0 Å². The Morgan fingerprint density at radius 3 is 2.12 bits per heavy atom. The van der Waals surface area contributed by atoms with Crippen LogP contribution in [0, 0.1) is 0 Å². The maximum absolute atomic E-state index is 6.47. The van der Waals surface area contributed by atoms with Gasteiger partial charge in [-0.25, -0.2) is 9.97 Å². The van der Waals surface area contributed by atoms with Crippen molar-refractivity contribution >= 4 is 43.1 Å². The van der Waals surface area contributed by atoms with E-state index in [0.29, 0.717) is 11.0 Å². The van der Waals surface area contributed by atoms with Crippen molar-refractivity contribution in [3.05, 3.63) is 108 Å². The van der Waals surface area contributed by atoms with Crippen molar-refractivity contribution in [2.75, 3.05) is 0 Å². The molecule has 2 nitrogen and oxygen atoms in total. The molecular weight excluding hydrogens is 432 g/mol. The summed E-state index contributed by atoms with van der Waals surface area (Å²) >= 11 is 8.27. The van der Waals surface area contributed by atoms with Crippen LogP contribution >= 0.6 is 22.9 Å². The maximum Gasteiger partial charge on any atom is 0.161 e. The van der Waals surface area contributed by atoms with Crippen LogP contribution in [-0.4, -0.2) is 9.97 Å². The third-order valence-corrected chi connectivity index (χ3v) is 6.95. The molecule has 0 unspecified atom stereocenters. The highest BCUT2D eigenvalue weighted by molar-refractivity contribution is 7.25. The Morgan fingerprint density at radius 2 is 1.28 bits per heavy atom. The van der Waals surface area contributed by atoms with E-state index in [9.17, 15) is 0 Å². The smallest absolute Gasteiger partial charge is 0.161 e. The molecule has 0 radical (unpaired) electrons. The molecule has 0 aliphatic carbocycles. The molecule has 0 aliphatic rings. The van der Waals surface area contributed by atoms with Crippen LogP contribution in [0.2, 0.25) is 5.15 Å². The van der Waals surface area contributed by atoms with Crippen LogP contribution in [-0.2, 0) is 0 Å². The van der Waals surface area contributed by atoms with E-state index >= 15 is 0 Å². The molecule has 0 bridgehead atoms. The van der Waals surface area contributed by atoms with Crippen molar-refractivity contribution in [2.45, 2.75) is 0 Å². The Labute approximate surface area is 194 Å². The molecule has 4 aromatic carbocycles. The van der Waals surface area contributed by atoms with Crippen molar-refractivity contribution in [1.82, 2.24) is 9.97 Å². The summed E-state index contributed by atoms with van der Waals surface area (Å²) in [5.74, 6) is 0.628. The SMILES string of the molecule is Clc1cc(-c2cccc3sc4ccccc4c23)nc(-c2ccc(-c3ccccc3)cc2)n1. The minimum absolute atomic E-state index is 0.439. The van der Waals surface area contributed by atoms with Crippen LogP contribution in [0.4, 0.5) is 0 Å². The predicted molar refractivity (Wildman–Crippen MR) is 136 cm³/mol. The van der Waals surface area contributed by atoms with Gasteiger partial charge in [0.05, 0.1) is 5.69 Å². The molecule has 152 valence electrons. The number of fused-ring (bicyclic) bond motifs is 3. The summed E-state index contributed by atoms with van der Waals surface area (Å²) < 4.78 is 2.51. The van der Waals surface area contributed by atoms with Gasteiger partial charge in [0.15, 0.2) is 5.82 Å². The van der Waals surface area contributed by atoms with Gasteiger partial charge in [-0.05, 0) is 23.3 Å². The number of hydrogen-bond donors (Lipinski definition) is 0. The van der Waals surface area contributed by atoms with Crippen molar-refractivity contribution < 1.29 is 0 Å². The van der Waals surface area contributed by atoms with E-state index in [-0.39, 0.29) is 0 Å². The summed E-state index contributed by atoms with van der Waals surface area (Å²) in [6.07, 6.45) is 0. The average molecular weight is 449 g/mol. The first kappa shape index (κ1) is 19.2. The molecule has 0 saturated heterocycles. The maximum atomic E-state index is 6.47. The van der Waals surface area contributed by atoms with Gasteiger partial charge in [-0.2, -0.15) is 0 Å². The van der Waals surface area contributed by atoms with Crippen LogP contribution < -0.4 is 0 Å². The second-order valence-corrected chi connectivity index (χ2v) is 9.09. The van der Waals surface area contributed by atoms with E-state index in [0.717, 1.165) is 22.4 Å². The molecule has 2 aromatic heterocycles. The topological polar surface area (TPSA) is 25.8 Å². The van der Waals surface area contributed by atoms with Crippen LogP contribution in [0.5, 0.6) is 0 Å². The van der Waals surface area contributed by atoms with E-state index < -0.39 is 0 Å². The van der Waals surface area contributed by atoms with E-state index in [1.165, 1.54) is 25.7 Å². The minimum Gasteiger partial charge on any atom is -0.228 e. The van der Waals surface area contributed by atoms with Crippen LogP contribution in [0.3, 0.4) is 0 Å². The number of nitrogens with zero attached hydrogens (tertiary/aromatic N) is 2. The van der Waals surface area contributed by atoms with Crippen molar-refractivity contribution in [2.24, 2.45) is 0 Å². The van der Waals surface area contributed by atoms with Crippen LogP contribution in [0.1, 0.15) is 0 Å². The summed E-state index contributed by atoms with van der Waals surface area (Å²) in [6.45, 7) is 0. The summed E-state index contributed by atoms with van der Waals surface area (Å²) in [5.41, 5.74) is 5.19. The van der Waals surface area contributed by atoms with Gasteiger partial charge in [-0.1, -0.05) is 96.5 Å². The lowest BCUT2D eigenvalue weighted by molar-refractivity contribution is 1.18. The number of aromatic nitrogens is 2. The lowest BCUT2D eigenvalue weighted by atomic mass is 10.0. The molecule has 0 N–H and O–H groups in total. The third kappa shape index (κ3) is 3.36. The zero-order chi connectivity index (χ0) is 21.5. The zero-order valence-corrected chi connectivity index (χ0v) is 18.6. The first-order chi connectivity index (χ1) is 15.8. The first-order valence-electron chi connectivity index (χ1n) is 10.4. The number of benzene rings is 4. The summed E-state index contributed by atoms with van der Waals surface area (Å²) in [5, 5.41) is 2.90. The fourth-order valence-corrected chi connectivity index (χ4v) is 5.43. The van der Waals surface area contributed by atoms with Gasteiger partial charge in [-0.15, -0.1) is 11.3 Å². The molecule has 0 fully saturated rings. The minimum atomic E-state index is 0.439. The van der Waals surface area contributed by atoms with Crippen molar-refractivity contribution in [1.29, 1.82) is 0 Å². The molecular formula is C28H17ClN2S. The molecule has 32 heavy (non-hydrogen) atoms. The molecule has 0 atom stereocenters. The largest absolute Gasteiger partial charge is 0.228 e. The molecule has 6 rings (SSSR count). The Bertz CT molecular complexity index is 1570. The Balaban J connectivity index is 1.48. The fraction of sp³-hybridized carbons (Fsp3) is 0. The van der Waals surface area contributed by atoms with Gasteiger partial charge in [-0.3, -0.25) is 0 Å². The average Bonchev–Trinajstić information content (AvgIpc) is 3.23. The number of thiophene rings is 1. The number of rotatable bonds is 3. The standard InChI is InChI=1S/C28H17ClN2S/c29-26-17-23(21-10-6-12-25-27(21)22-9-4-5-11-24(22)32-25)30-28(31-26)20-15-13-19(14-16-20)18-7-2-1-3-8-18/h1-17H. The van der Waals surface area contributed by atoms with E-state index in [2.05, 4.69) is 83.8 Å². The number of halogens is 1. The normalized spacial score (nSPS) is 11.3. The van der Waals surface area contributed by atoms with Crippen LogP contribution in [0.15, 0.2) is 103 Å². The quantitative estimate of drug-likeness (QED) is 0.253. The number of hydrogen-bond acceptors (Lipinski definition) is 3. The summed E-state index contributed by atoms with van der Waals surface area (Å²) in [6, 6.07) is 35.3. The molecule has 0 aliphatic heterocycles. The van der Waals surface area contributed by atoms with E-state index in [1.54, 1.807) is 11.3 Å². The predicted octanol–water partition coefficient (Wildman–Crippen LogP) is 8.50. The molecule has 2 heterocycles. The van der Waals surface area contributed by atoms with Crippen molar-refractivity contribution in [3.63, 3.8) is 0 Å². The second-order valence-electron chi connectivity index (χ2n) is 7.62. The first-order valence-corrected chi connectivity index (χ1v) is 11.6. The highest BCUT2D eigenvalue weighted by atomic mass is 35.5. The molecule has 0 saturated carbocycles. The van der Waals surface area contributed by atoms with Gasteiger partial charge in [0, 0.05) is 37.4 Å². The summed E-state index contributed by atoms with van der Waals surface area (Å²) in [4.78, 5) is 9.44. The molecule has 0 amide bonds. The third-order valence-electron chi connectivity index (χ3n) is 5.62. The Kier molecular flexibility index (Phi) is 4.71. The highest BCUT2D eigenvalue weighted by Crippen LogP contribution is 2.40. The van der Waals surface area contributed by atoms with Gasteiger partial charge in [0.25, 0.3) is 0 Å². The lowest BCUT2D eigenvalue weighted by Gasteiger charge is -2.08. The highest BCUT2D eigenvalue weighted by Gasteiger charge is 2.14. The lowest BCUT2D eigenvalue weighted by Crippen LogP contribution is -1.93. The summed E-state index contributed by atoms with van der Waals surface area (Å²) in [7, 11) is 0. The van der Waals surface area contributed by atoms with Gasteiger partial charge in [0.1, 0.15) is 5.15 Å².